The minimum Gasteiger partial charge on any atom is -0.353 e. The molecule has 176 valence electrons. The first-order valence-corrected chi connectivity index (χ1v) is 10.6. The Bertz CT molecular complexity index is 1300. The molecule has 0 saturated carbocycles. The van der Waals surface area contributed by atoms with Gasteiger partial charge in [0, 0.05) is 26.2 Å². The summed E-state index contributed by atoms with van der Waals surface area (Å²) in [5, 5.41) is 7.26. The highest BCUT2D eigenvalue weighted by Gasteiger charge is 2.25. The van der Waals surface area contributed by atoms with Gasteiger partial charge in [-0.2, -0.15) is 0 Å². The van der Waals surface area contributed by atoms with Gasteiger partial charge in [0.05, 0.1) is 17.2 Å². The Hall–Kier alpha value is -4.41. The topological polar surface area (TPSA) is 152 Å². The van der Waals surface area contributed by atoms with Crippen LogP contribution >= 0.6 is 0 Å². The molecule has 1 unspecified atom stereocenters. The summed E-state index contributed by atoms with van der Waals surface area (Å²) < 4.78 is 1.41. The zero-order chi connectivity index (χ0) is 24.7. The molecular formula is C23H24N6O5. The standard InChI is InChI=1S/C23H24N6O5/c1-3-29-12-6-9-17(23(29)34)28-20(31)16(10-11-19(30)22(33)24-2)27-21(32)18-13-25-14-7-4-5-8-15(14)26-18/h4-9,12-13,16H,3,10-11H2,1-2H3,(H,24,33)(H,27,32)(H,28,31). The third-order valence-corrected chi connectivity index (χ3v) is 5.06. The lowest BCUT2D eigenvalue weighted by Gasteiger charge is -2.18. The number of likely N-dealkylation sites (N-methyl/N-ethyl adjacent to an activating group) is 1. The zero-order valence-corrected chi connectivity index (χ0v) is 18.7. The van der Waals surface area contributed by atoms with Crippen molar-refractivity contribution >= 4 is 40.2 Å². The first kappa shape index (κ1) is 24.2. The van der Waals surface area contributed by atoms with Crippen LogP contribution in [0.1, 0.15) is 30.3 Å². The first-order chi connectivity index (χ1) is 16.3. The molecule has 1 aromatic carbocycles. The van der Waals surface area contributed by atoms with E-state index in [0.29, 0.717) is 17.6 Å². The monoisotopic (exact) mass is 464 g/mol. The molecule has 0 radical (unpaired) electrons. The maximum absolute atomic E-state index is 13.0. The lowest BCUT2D eigenvalue weighted by molar-refractivity contribution is -0.137. The Morgan fingerprint density at radius 1 is 1.06 bits per heavy atom. The van der Waals surface area contributed by atoms with E-state index in [1.165, 1.54) is 23.9 Å². The van der Waals surface area contributed by atoms with Gasteiger partial charge in [-0.3, -0.25) is 29.0 Å². The number of aromatic nitrogens is 3. The van der Waals surface area contributed by atoms with Crippen LogP contribution in [0.2, 0.25) is 0 Å². The Kier molecular flexibility index (Phi) is 7.80. The van der Waals surface area contributed by atoms with Gasteiger partial charge in [-0.05, 0) is 37.6 Å². The molecule has 2 heterocycles. The molecule has 11 nitrogen and oxygen atoms in total. The van der Waals surface area contributed by atoms with E-state index in [1.807, 2.05) is 0 Å². The second kappa shape index (κ2) is 10.9. The maximum Gasteiger partial charge on any atom is 0.287 e. The Balaban J connectivity index is 1.82. The van der Waals surface area contributed by atoms with Crippen molar-refractivity contribution in [1.29, 1.82) is 0 Å². The quantitative estimate of drug-likeness (QED) is 0.393. The van der Waals surface area contributed by atoms with E-state index in [2.05, 4.69) is 25.9 Å². The van der Waals surface area contributed by atoms with Gasteiger partial charge >= 0.3 is 0 Å². The van der Waals surface area contributed by atoms with Crippen LogP contribution in [0.25, 0.3) is 11.0 Å². The molecule has 11 heteroatoms. The number of anilines is 1. The van der Waals surface area contributed by atoms with Gasteiger partial charge in [0.15, 0.2) is 0 Å². The minimum atomic E-state index is -1.22. The molecule has 0 aliphatic rings. The molecular weight excluding hydrogens is 440 g/mol. The lowest BCUT2D eigenvalue weighted by atomic mass is 10.1. The smallest absolute Gasteiger partial charge is 0.287 e. The summed E-state index contributed by atoms with van der Waals surface area (Å²) >= 11 is 0. The molecule has 0 aliphatic carbocycles. The summed E-state index contributed by atoms with van der Waals surface area (Å²) in [6.45, 7) is 2.19. The minimum absolute atomic E-state index is 0.0247. The van der Waals surface area contributed by atoms with Gasteiger partial charge in [-0.25, -0.2) is 4.98 Å². The van der Waals surface area contributed by atoms with Crippen LogP contribution in [0.15, 0.2) is 53.6 Å². The number of carbonyl (C=O) groups excluding carboxylic acids is 4. The fraction of sp³-hybridized carbons (Fsp3) is 0.261. The van der Waals surface area contributed by atoms with Gasteiger partial charge in [0.1, 0.15) is 17.4 Å². The van der Waals surface area contributed by atoms with Crippen molar-refractivity contribution in [2.24, 2.45) is 0 Å². The zero-order valence-electron chi connectivity index (χ0n) is 18.7. The van der Waals surface area contributed by atoms with E-state index in [4.69, 9.17) is 0 Å². The predicted octanol–water partition coefficient (Wildman–Crippen LogP) is 0.644. The van der Waals surface area contributed by atoms with Crippen molar-refractivity contribution in [3.8, 4) is 0 Å². The van der Waals surface area contributed by atoms with Crippen molar-refractivity contribution in [2.45, 2.75) is 32.4 Å². The Morgan fingerprint density at radius 2 is 1.79 bits per heavy atom. The number of nitrogens with one attached hydrogen (secondary N) is 3. The van der Waals surface area contributed by atoms with Crippen LogP contribution in [0.4, 0.5) is 5.69 Å². The molecule has 0 aliphatic heterocycles. The van der Waals surface area contributed by atoms with Crippen molar-refractivity contribution < 1.29 is 19.2 Å². The van der Waals surface area contributed by atoms with Gasteiger partial charge in [-0.15, -0.1) is 0 Å². The third-order valence-electron chi connectivity index (χ3n) is 5.06. The molecule has 3 N–H and O–H groups in total. The molecule has 0 fully saturated rings. The molecule has 0 saturated heterocycles. The highest BCUT2D eigenvalue weighted by Crippen LogP contribution is 2.10. The normalized spacial score (nSPS) is 11.5. The number of fused-ring (bicyclic) bond motifs is 1. The van der Waals surface area contributed by atoms with Gasteiger partial charge in [-0.1, -0.05) is 12.1 Å². The average molecular weight is 464 g/mol. The average Bonchev–Trinajstić information content (AvgIpc) is 2.86. The summed E-state index contributed by atoms with van der Waals surface area (Å²) in [4.78, 5) is 70.2. The number of para-hydroxylation sites is 2. The number of hydrogen-bond acceptors (Lipinski definition) is 7. The van der Waals surface area contributed by atoms with Crippen LogP contribution in [0.3, 0.4) is 0 Å². The summed E-state index contributed by atoms with van der Waals surface area (Å²) in [5.41, 5.74) is 0.681. The number of nitrogens with zero attached hydrogens (tertiary/aromatic N) is 3. The molecule has 3 amide bonds. The van der Waals surface area contributed by atoms with E-state index in [-0.39, 0.29) is 24.2 Å². The predicted molar refractivity (Wildman–Crippen MR) is 124 cm³/mol. The van der Waals surface area contributed by atoms with E-state index < -0.39 is 35.1 Å². The second-order valence-corrected chi connectivity index (χ2v) is 7.31. The number of hydrogen-bond donors (Lipinski definition) is 3. The largest absolute Gasteiger partial charge is 0.353 e. The summed E-state index contributed by atoms with van der Waals surface area (Å²) in [6, 6.07) is 8.81. The van der Waals surface area contributed by atoms with E-state index in [9.17, 15) is 24.0 Å². The second-order valence-electron chi connectivity index (χ2n) is 7.31. The highest BCUT2D eigenvalue weighted by molar-refractivity contribution is 6.36. The molecule has 3 rings (SSSR count). The SMILES string of the molecule is CCn1cccc(NC(=O)C(CCC(=O)C(=O)NC)NC(=O)c2cnc3ccccc3n2)c1=O. The summed E-state index contributed by atoms with van der Waals surface area (Å²) in [7, 11) is 1.32. The summed E-state index contributed by atoms with van der Waals surface area (Å²) in [5.74, 6) is -2.95. The van der Waals surface area contributed by atoms with E-state index >= 15 is 0 Å². The third kappa shape index (κ3) is 5.68. The molecule has 2 aromatic heterocycles. The Labute approximate surface area is 194 Å². The number of ketones is 1. The van der Waals surface area contributed by atoms with Crippen LogP contribution in [0, 0.1) is 0 Å². The van der Waals surface area contributed by atoms with E-state index in [1.54, 1.807) is 43.5 Å². The summed E-state index contributed by atoms with van der Waals surface area (Å²) in [6.07, 6.45) is 2.39. The van der Waals surface area contributed by atoms with Gasteiger partial charge in [0.25, 0.3) is 17.4 Å². The molecule has 0 spiro atoms. The Morgan fingerprint density at radius 3 is 2.50 bits per heavy atom. The number of rotatable bonds is 9. The number of aryl methyl sites for hydroxylation is 1. The van der Waals surface area contributed by atoms with Crippen LogP contribution in [-0.2, 0) is 20.9 Å². The van der Waals surface area contributed by atoms with Crippen molar-refractivity contribution in [3.63, 3.8) is 0 Å². The number of benzene rings is 1. The van der Waals surface area contributed by atoms with Crippen LogP contribution in [0.5, 0.6) is 0 Å². The fourth-order valence-electron chi connectivity index (χ4n) is 3.20. The number of pyridine rings is 1. The number of amides is 3. The highest BCUT2D eigenvalue weighted by atomic mass is 16.2. The maximum atomic E-state index is 13.0. The van der Waals surface area contributed by atoms with Crippen molar-refractivity contribution in [3.05, 3.63) is 64.8 Å². The van der Waals surface area contributed by atoms with Crippen LogP contribution < -0.4 is 21.5 Å². The molecule has 0 bridgehead atoms. The van der Waals surface area contributed by atoms with Crippen LogP contribution in [-0.4, -0.2) is 51.1 Å². The van der Waals surface area contributed by atoms with Crippen molar-refractivity contribution in [2.75, 3.05) is 12.4 Å². The molecule has 34 heavy (non-hydrogen) atoms. The van der Waals surface area contributed by atoms with Crippen molar-refractivity contribution in [1.82, 2.24) is 25.2 Å². The fourth-order valence-corrected chi connectivity index (χ4v) is 3.20. The molecule has 3 aromatic rings. The molecule has 1 atom stereocenters. The number of carbonyl (C=O) groups is 4. The van der Waals surface area contributed by atoms with E-state index in [0.717, 1.165) is 0 Å². The first-order valence-electron chi connectivity index (χ1n) is 10.6. The van der Waals surface area contributed by atoms with Gasteiger partial charge in [0.2, 0.25) is 11.7 Å². The number of Topliss-reactive ketones (excluding diaryl/α,β-unsaturated/α-hetero) is 1. The lowest BCUT2D eigenvalue weighted by Crippen LogP contribution is -2.45. The van der Waals surface area contributed by atoms with Gasteiger partial charge < -0.3 is 20.5 Å².